The molecule has 8 heteroatoms. The van der Waals surface area contributed by atoms with Crippen molar-refractivity contribution in [2.45, 2.75) is 24.1 Å². The van der Waals surface area contributed by atoms with Gasteiger partial charge in [0.15, 0.2) is 0 Å². The summed E-state index contributed by atoms with van der Waals surface area (Å²) in [6, 6.07) is 5.91. The Labute approximate surface area is 146 Å². The zero-order valence-electron chi connectivity index (χ0n) is 12.8. The second kappa shape index (κ2) is 6.66. The van der Waals surface area contributed by atoms with Crippen LogP contribution in [0.4, 0.5) is 0 Å². The van der Waals surface area contributed by atoms with E-state index < -0.39 is 0 Å². The average molecular weight is 355 g/mol. The van der Waals surface area contributed by atoms with Crippen LogP contribution in [0.3, 0.4) is 0 Å². The van der Waals surface area contributed by atoms with Gasteiger partial charge in [-0.25, -0.2) is 9.97 Å². The second-order valence-corrected chi connectivity index (χ2v) is 7.09. The fourth-order valence-corrected chi connectivity index (χ4v) is 4.04. The van der Waals surface area contributed by atoms with Gasteiger partial charge in [-0.05, 0) is 24.6 Å². The Morgan fingerprint density at radius 3 is 3.08 bits per heavy atom. The van der Waals surface area contributed by atoms with Gasteiger partial charge in [0, 0.05) is 28.2 Å². The third kappa shape index (κ3) is 3.02. The van der Waals surface area contributed by atoms with Crippen molar-refractivity contribution in [3.05, 3.63) is 47.7 Å². The maximum absolute atomic E-state index is 5.33. The Morgan fingerprint density at radius 2 is 2.25 bits per heavy atom. The van der Waals surface area contributed by atoms with Crippen LogP contribution in [0.15, 0.2) is 46.5 Å². The largest absolute Gasteiger partial charge is 0.338 e. The van der Waals surface area contributed by atoms with Gasteiger partial charge in [-0.3, -0.25) is 4.98 Å². The summed E-state index contributed by atoms with van der Waals surface area (Å²) in [5, 5.41) is 6.04. The van der Waals surface area contributed by atoms with E-state index in [1.54, 1.807) is 41.8 Å². The summed E-state index contributed by atoms with van der Waals surface area (Å²) in [4.78, 5) is 19.6. The monoisotopic (exact) mass is 355 g/mol. The minimum Gasteiger partial charge on any atom is -0.338 e. The maximum atomic E-state index is 5.33. The molecule has 0 aromatic carbocycles. The fraction of sp³-hybridized carbons (Fsp3) is 0.188. The molecular formula is C16H13N5OS2. The fourth-order valence-electron chi connectivity index (χ4n) is 2.23. The lowest BCUT2D eigenvalue weighted by Gasteiger charge is -1.98. The Morgan fingerprint density at radius 1 is 1.29 bits per heavy atom. The van der Waals surface area contributed by atoms with E-state index in [1.807, 2.05) is 12.1 Å². The SMILES string of the molecule is CCc1cc2c(SCc3nc(-c4cccnc4)no3)ncnc2s1. The first-order valence-electron chi connectivity index (χ1n) is 7.42. The predicted octanol–water partition coefficient (Wildman–Crippen LogP) is 3.99. The highest BCUT2D eigenvalue weighted by atomic mass is 32.2. The van der Waals surface area contributed by atoms with Crippen LogP contribution in [-0.2, 0) is 12.2 Å². The molecule has 0 fully saturated rings. The molecule has 0 aliphatic carbocycles. The summed E-state index contributed by atoms with van der Waals surface area (Å²) in [7, 11) is 0. The standard InChI is InChI=1S/C16H13N5OS2/c1-2-11-6-12-15(18-9-19-16(12)24-11)23-8-13-20-14(21-22-13)10-4-3-5-17-7-10/h3-7,9H,2,8H2,1H3. The summed E-state index contributed by atoms with van der Waals surface area (Å²) >= 11 is 3.29. The third-order valence-corrected chi connectivity index (χ3v) is 5.59. The second-order valence-electron chi connectivity index (χ2n) is 5.01. The zero-order chi connectivity index (χ0) is 16.4. The molecular weight excluding hydrogens is 342 g/mol. The molecule has 0 unspecified atom stereocenters. The molecule has 4 aromatic heterocycles. The van der Waals surface area contributed by atoms with Gasteiger partial charge < -0.3 is 4.52 Å². The van der Waals surface area contributed by atoms with Crippen molar-refractivity contribution >= 4 is 33.3 Å². The number of thiophene rings is 1. The lowest BCUT2D eigenvalue weighted by molar-refractivity contribution is 0.391. The van der Waals surface area contributed by atoms with Crippen LogP contribution in [0.1, 0.15) is 17.7 Å². The highest BCUT2D eigenvalue weighted by Gasteiger charge is 2.12. The lowest BCUT2D eigenvalue weighted by Crippen LogP contribution is -1.86. The number of fused-ring (bicyclic) bond motifs is 1. The van der Waals surface area contributed by atoms with E-state index in [1.165, 1.54) is 4.88 Å². The number of hydrogen-bond donors (Lipinski definition) is 0. The van der Waals surface area contributed by atoms with Gasteiger partial charge in [0.1, 0.15) is 16.2 Å². The van der Waals surface area contributed by atoms with Gasteiger partial charge in [-0.2, -0.15) is 4.98 Å². The van der Waals surface area contributed by atoms with Gasteiger partial charge in [0.25, 0.3) is 0 Å². The summed E-state index contributed by atoms with van der Waals surface area (Å²) in [6.45, 7) is 2.14. The Balaban J connectivity index is 1.53. The van der Waals surface area contributed by atoms with Crippen molar-refractivity contribution in [3.8, 4) is 11.4 Å². The molecule has 4 heterocycles. The minimum atomic E-state index is 0.551. The number of hydrogen-bond acceptors (Lipinski definition) is 8. The summed E-state index contributed by atoms with van der Waals surface area (Å²) < 4.78 is 5.33. The van der Waals surface area contributed by atoms with Crippen LogP contribution in [-0.4, -0.2) is 25.1 Å². The summed E-state index contributed by atoms with van der Waals surface area (Å²) in [5.41, 5.74) is 0.840. The number of pyridine rings is 1. The molecule has 0 aliphatic rings. The number of aromatic nitrogens is 5. The Bertz CT molecular complexity index is 967. The molecule has 0 bridgehead atoms. The van der Waals surface area contributed by atoms with Crippen LogP contribution in [0.5, 0.6) is 0 Å². The first-order chi connectivity index (χ1) is 11.8. The van der Waals surface area contributed by atoms with Crippen molar-refractivity contribution in [2.24, 2.45) is 0 Å². The lowest BCUT2D eigenvalue weighted by atomic mass is 10.3. The van der Waals surface area contributed by atoms with Crippen molar-refractivity contribution in [2.75, 3.05) is 0 Å². The first-order valence-corrected chi connectivity index (χ1v) is 9.23. The van der Waals surface area contributed by atoms with Gasteiger partial charge in [-0.1, -0.05) is 23.8 Å². The zero-order valence-corrected chi connectivity index (χ0v) is 14.5. The number of rotatable bonds is 5. The highest BCUT2D eigenvalue weighted by Crippen LogP contribution is 2.32. The number of nitrogens with zero attached hydrogens (tertiary/aromatic N) is 5. The molecule has 4 rings (SSSR count). The molecule has 120 valence electrons. The predicted molar refractivity (Wildman–Crippen MR) is 93.9 cm³/mol. The molecule has 0 N–H and O–H groups in total. The molecule has 0 aliphatic heterocycles. The smallest absolute Gasteiger partial charge is 0.237 e. The van der Waals surface area contributed by atoms with Gasteiger partial charge in [0.2, 0.25) is 11.7 Å². The molecule has 0 radical (unpaired) electrons. The van der Waals surface area contributed by atoms with Crippen molar-refractivity contribution in [3.63, 3.8) is 0 Å². The topological polar surface area (TPSA) is 77.6 Å². The molecule has 4 aromatic rings. The van der Waals surface area contributed by atoms with Crippen LogP contribution in [0.25, 0.3) is 21.6 Å². The van der Waals surface area contributed by atoms with Crippen LogP contribution < -0.4 is 0 Å². The number of thioether (sulfide) groups is 1. The molecule has 0 atom stereocenters. The van der Waals surface area contributed by atoms with Crippen LogP contribution >= 0.6 is 23.1 Å². The minimum absolute atomic E-state index is 0.551. The summed E-state index contributed by atoms with van der Waals surface area (Å²) in [5.74, 6) is 1.68. The highest BCUT2D eigenvalue weighted by molar-refractivity contribution is 7.98. The van der Waals surface area contributed by atoms with E-state index in [9.17, 15) is 0 Å². The van der Waals surface area contributed by atoms with Gasteiger partial charge >= 0.3 is 0 Å². The number of aryl methyl sites for hydroxylation is 1. The first kappa shape index (κ1) is 15.2. The van der Waals surface area contributed by atoms with E-state index in [2.05, 4.69) is 38.1 Å². The molecule has 24 heavy (non-hydrogen) atoms. The molecule has 0 saturated carbocycles. The van der Waals surface area contributed by atoms with Gasteiger partial charge in [-0.15, -0.1) is 11.3 Å². The Kier molecular flexibility index (Phi) is 4.22. The van der Waals surface area contributed by atoms with Crippen molar-refractivity contribution in [1.29, 1.82) is 0 Å². The van der Waals surface area contributed by atoms with Crippen LogP contribution in [0, 0.1) is 0 Å². The molecule has 0 saturated heterocycles. The van der Waals surface area contributed by atoms with Gasteiger partial charge in [0.05, 0.1) is 5.75 Å². The van der Waals surface area contributed by atoms with E-state index in [-0.39, 0.29) is 0 Å². The molecule has 0 spiro atoms. The molecule has 0 amide bonds. The average Bonchev–Trinajstić information content (AvgIpc) is 3.27. The van der Waals surface area contributed by atoms with Crippen LogP contribution in [0.2, 0.25) is 0 Å². The maximum Gasteiger partial charge on any atom is 0.237 e. The van der Waals surface area contributed by atoms with E-state index in [4.69, 9.17) is 4.52 Å². The van der Waals surface area contributed by atoms with E-state index >= 15 is 0 Å². The normalized spacial score (nSPS) is 11.2. The molecule has 6 nitrogen and oxygen atoms in total. The van der Waals surface area contributed by atoms with E-state index in [0.717, 1.165) is 27.2 Å². The summed E-state index contributed by atoms with van der Waals surface area (Å²) in [6.07, 6.45) is 6.04. The quantitative estimate of drug-likeness (QED) is 0.395. The third-order valence-electron chi connectivity index (χ3n) is 3.41. The van der Waals surface area contributed by atoms with E-state index in [0.29, 0.717) is 17.5 Å². The van der Waals surface area contributed by atoms with Crippen molar-refractivity contribution in [1.82, 2.24) is 25.1 Å². The van der Waals surface area contributed by atoms with Crippen molar-refractivity contribution < 1.29 is 4.52 Å². The Hall–Kier alpha value is -2.32.